The topological polar surface area (TPSA) is 84.5 Å². The fourth-order valence-corrected chi connectivity index (χ4v) is 1.36. The van der Waals surface area contributed by atoms with Crippen LogP contribution in [0.15, 0.2) is 30.3 Å². The second kappa shape index (κ2) is 7.15. The van der Waals surface area contributed by atoms with Crippen molar-refractivity contribution in [2.24, 2.45) is 0 Å². The van der Waals surface area contributed by atoms with Crippen LogP contribution in [0, 0.1) is 0 Å². The van der Waals surface area contributed by atoms with Crippen molar-refractivity contribution in [3.05, 3.63) is 35.9 Å². The molecule has 0 unspecified atom stereocenters. The first-order valence-electron chi connectivity index (χ1n) is 5.85. The first-order chi connectivity index (χ1) is 9.08. The molecule has 0 saturated carbocycles. The van der Waals surface area contributed by atoms with E-state index in [-0.39, 0.29) is 6.42 Å². The molecule has 0 aromatic heterocycles. The quantitative estimate of drug-likeness (QED) is 0.798. The van der Waals surface area contributed by atoms with Gasteiger partial charge in [-0.15, -0.1) is 0 Å². The fraction of sp³-hybridized carbons (Fsp3) is 0.308. The molecule has 0 heterocycles. The molecule has 1 aromatic carbocycles. The third-order valence-corrected chi connectivity index (χ3v) is 2.34. The van der Waals surface area contributed by atoms with E-state index in [0.717, 1.165) is 0 Å². The van der Waals surface area contributed by atoms with E-state index in [1.54, 1.807) is 37.3 Å². The van der Waals surface area contributed by atoms with E-state index in [9.17, 15) is 14.4 Å². The van der Waals surface area contributed by atoms with Crippen LogP contribution in [0.25, 0.3) is 0 Å². The number of imide groups is 1. The van der Waals surface area contributed by atoms with Gasteiger partial charge in [0.1, 0.15) is 0 Å². The number of ether oxygens (including phenoxy) is 1. The van der Waals surface area contributed by atoms with Crippen LogP contribution in [0.3, 0.4) is 0 Å². The maximum atomic E-state index is 11.9. The molecule has 0 saturated heterocycles. The smallest absolute Gasteiger partial charge is 0.321 e. The first-order valence-corrected chi connectivity index (χ1v) is 5.85. The zero-order chi connectivity index (χ0) is 14.3. The molecule has 2 N–H and O–H groups in total. The molecule has 0 aliphatic rings. The van der Waals surface area contributed by atoms with Gasteiger partial charge in [-0.3, -0.25) is 14.9 Å². The van der Waals surface area contributed by atoms with Crippen LogP contribution in [0.4, 0.5) is 4.79 Å². The molecule has 3 amide bonds. The summed E-state index contributed by atoms with van der Waals surface area (Å²) in [5, 5.41) is 4.35. The lowest BCUT2D eigenvalue weighted by Gasteiger charge is -2.17. The number of amides is 3. The number of benzene rings is 1. The summed E-state index contributed by atoms with van der Waals surface area (Å²) in [6, 6.07) is 7.86. The molecule has 0 radical (unpaired) electrons. The van der Waals surface area contributed by atoms with Gasteiger partial charge in [-0.05, 0) is 0 Å². The van der Waals surface area contributed by atoms with E-state index in [1.165, 1.54) is 7.05 Å². The molecule has 102 valence electrons. The summed E-state index contributed by atoms with van der Waals surface area (Å²) in [5.74, 6) is -1.20. The number of rotatable bonds is 4. The van der Waals surface area contributed by atoms with Crippen molar-refractivity contribution in [1.29, 1.82) is 0 Å². The summed E-state index contributed by atoms with van der Waals surface area (Å²) in [6.07, 6.45) is -0.984. The molecule has 0 fully saturated rings. The van der Waals surface area contributed by atoms with E-state index >= 15 is 0 Å². The highest BCUT2D eigenvalue weighted by atomic mass is 16.5. The highest BCUT2D eigenvalue weighted by Crippen LogP contribution is 2.18. The van der Waals surface area contributed by atoms with Crippen LogP contribution in [-0.2, 0) is 14.3 Å². The Balaban J connectivity index is 2.89. The molecule has 1 atom stereocenters. The van der Waals surface area contributed by atoms with E-state index in [0.29, 0.717) is 5.56 Å². The number of urea groups is 1. The standard InChI is InChI=1S/C13H16N2O4/c1-3-10(16)19-11(9-7-5-4-6-8-9)12(17)15-13(18)14-2/h4-8,11H,3H2,1-2H3,(H2,14,15,17,18)/t11-/m1/s1. The van der Waals surface area contributed by atoms with Crippen molar-refractivity contribution in [3.8, 4) is 0 Å². The Morgan fingerprint density at radius 1 is 1.21 bits per heavy atom. The molecule has 1 rings (SSSR count). The first kappa shape index (κ1) is 14.7. The van der Waals surface area contributed by atoms with Gasteiger partial charge >= 0.3 is 12.0 Å². The van der Waals surface area contributed by atoms with E-state index < -0.39 is 24.0 Å². The van der Waals surface area contributed by atoms with Gasteiger partial charge in [-0.1, -0.05) is 37.3 Å². The van der Waals surface area contributed by atoms with Gasteiger partial charge in [-0.2, -0.15) is 0 Å². The van der Waals surface area contributed by atoms with Gasteiger partial charge in [0.25, 0.3) is 5.91 Å². The second-order valence-corrected chi connectivity index (χ2v) is 3.70. The summed E-state index contributed by atoms with van der Waals surface area (Å²) < 4.78 is 5.06. The van der Waals surface area contributed by atoms with E-state index in [4.69, 9.17) is 4.74 Å². The summed E-state index contributed by atoms with van der Waals surface area (Å²) >= 11 is 0. The zero-order valence-electron chi connectivity index (χ0n) is 10.8. The highest BCUT2D eigenvalue weighted by molar-refractivity contribution is 5.97. The molecule has 1 aromatic rings. The SMILES string of the molecule is CCC(=O)O[C@@H](C(=O)NC(=O)NC)c1ccccc1. The van der Waals surface area contributed by atoms with E-state index in [1.807, 2.05) is 0 Å². The lowest BCUT2D eigenvalue weighted by molar-refractivity contribution is -0.155. The van der Waals surface area contributed by atoms with Crippen LogP contribution in [0.2, 0.25) is 0 Å². The van der Waals surface area contributed by atoms with Crippen LogP contribution in [0.5, 0.6) is 0 Å². The molecule has 6 nitrogen and oxygen atoms in total. The van der Waals surface area contributed by atoms with Gasteiger partial charge in [0.05, 0.1) is 0 Å². The van der Waals surface area contributed by atoms with Crippen molar-refractivity contribution in [2.45, 2.75) is 19.4 Å². The average Bonchev–Trinajstić information content (AvgIpc) is 2.44. The van der Waals surface area contributed by atoms with Crippen molar-refractivity contribution >= 4 is 17.9 Å². The van der Waals surface area contributed by atoms with Crippen molar-refractivity contribution in [3.63, 3.8) is 0 Å². The van der Waals surface area contributed by atoms with Gasteiger partial charge < -0.3 is 10.1 Å². The molecule has 19 heavy (non-hydrogen) atoms. The molecule has 0 spiro atoms. The lowest BCUT2D eigenvalue weighted by atomic mass is 10.1. The van der Waals surface area contributed by atoms with Crippen molar-refractivity contribution in [2.75, 3.05) is 7.05 Å². The maximum Gasteiger partial charge on any atom is 0.321 e. The average molecular weight is 264 g/mol. The molecule has 0 aliphatic carbocycles. The number of carbonyl (C=O) groups is 3. The maximum absolute atomic E-state index is 11.9. The van der Waals surface area contributed by atoms with Gasteiger partial charge in [0, 0.05) is 19.0 Å². The molecular formula is C13H16N2O4. The van der Waals surface area contributed by atoms with Crippen LogP contribution < -0.4 is 10.6 Å². The number of nitrogens with one attached hydrogen (secondary N) is 2. The second-order valence-electron chi connectivity index (χ2n) is 3.70. The fourth-order valence-electron chi connectivity index (χ4n) is 1.36. The largest absolute Gasteiger partial charge is 0.447 e. The Morgan fingerprint density at radius 3 is 2.37 bits per heavy atom. The monoisotopic (exact) mass is 264 g/mol. The molecular weight excluding hydrogens is 248 g/mol. The van der Waals surface area contributed by atoms with Gasteiger partial charge in [-0.25, -0.2) is 4.79 Å². The summed E-state index contributed by atoms with van der Waals surface area (Å²) in [5.41, 5.74) is 0.505. The Morgan fingerprint density at radius 2 is 1.84 bits per heavy atom. The van der Waals surface area contributed by atoms with E-state index in [2.05, 4.69) is 10.6 Å². The third-order valence-electron chi connectivity index (χ3n) is 2.34. The lowest BCUT2D eigenvalue weighted by Crippen LogP contribution is -2.41. The number of hydrogen-bond donors (Lipinski definition) is 2. The minimum atomic E-state index is -1.13. The predicted molar refractivity (Wildman–Crippen MR) is 68.2 cm³/mol. The Kier molecular flexibility index (Phi) is 5.53. The van der Waals surface area contributed by atoms with Crippen LogP contribution in [-0.4, -0.2) is 25.0 Å². The van der Waals surface area contributed by atoms with Crippen LogP contribution >= 0.6 is 0 Å². The number of esters is 1. The Bertz CT molecular complexity index is 459. The Labute approximate surface area is 111 Å². The molecule has 0 aliphatic heterocycles. The van der Waals surface area contributed by atoms with Gasteiger partial charge in [0.2, 0.25) is 6.10 Å². The molecule has 6 heteroatoms. The van der Waals surface area contributed by atoms with Crippen molar-refractivity contribution < 1.29 is 19.1 Å². The van der Waals surface area contributed by atoms with Gasteiger partial charge in [0.15, 0.2) is 0 Å². The minimum Gasteiger partial charge on any atom is -0.447 e. The van der Waals surface area contributed by atoms with Crippen molar-refractivity contribution in [1.82, 2.24) is 10.6 Å². The summed E-state index contributed by atoms with van der Waals surface area (Å²) in [6.45, 7) is 1.63. The third kappa shape index (κ3) is 4.42. The highest BCUT2D eigenvalue weighted by Gasteiger charge is 2.25. The normalized spacial score (nSPS) is 11.3. The number of hydrogen-bond acceptors (Lipinski definition) is 4. The zero-order valence-corrected chi connectivity index (χ0v) is 10.8. The number of carbonyl (C=O) groups excluding carboxylic acids is 3. The summed E-state index contributed by atoms with van der Waals surface area (Å²) in [7, 11) is 1.39. The Hall–Kier alpha value is -2.37. The van der Waals surface area contributed by atoms with Crippen LogP contribution in [0.1, 0.15) is 25.0 Å². The summed E-state index contributed by atoms with van der Waals surface area (Å²) in [4.78, 5) is 34.4. The molecule has 0 bridgehead atoms. The predicted octanol–water partition coefficient (Wildman–Crippen LogP) is 1.14. The minimum absolute atomic E-state index is 0.149.